The molecule has 1 atom stereocenters. The van der Waals surface area contributed by atoms with Crippen molar-refractivity contribution in [1.82, 2.24) is 5.43 Å². The van der Waals surface area contributed by atoms with E-state index in [1.165, 1.54) is 11.6 Å². The predicted molar refractivity (Wildman–Crippen MR) is 94.3 cm³/mol. The molecule has 132 valence electrons. The van der Waals surface area contributed by atoms with Gasteiger partial charge in [0.25, 0.3) is 0 Å². The fraction of sp³-hybridized carbons (Fsp3) is 0.263. The second-order valence-electron chi connectivity index (χ2n) is 6.05. The van der Waals surface area contributed by atoms with Crippen LogP contribution in [0.3, 0.4) is 0 Å². The summed E-state index contributed by atoms with van der Waals surface area (Å²) in [6, 6.07) is 13.5. The molecule has 0 radical (unpaired) electrons. The Morgan fingerprint density at radius 1 is 1.00 bits per heavy atom. The van der Waals surface area contributed by atoms with Crippen molar-refractivity contribution in [3.05, 3.63) is 76.5 Å². The highest BCUT2D eigenvalue weighted by atomic mass is 35.5. The Hall–Kier alpha value is -2.14. The molecule has 2 aromatic carbocycles. The molecule has 2 nitrogen and oxygen atoms in total. The zero-order valence-corrected chi connectivity index (χ0v) is 14.2. The Balaban J connectivity index is 1.62. The Morgan fingerprint density at radius 3 is 2.40 bits per heavy atom. The molecule has 3 rings (SSSR count). The summed E-state index contributed by atoms with van der Waals surface area (Å²) in [5, 5.41) is 0.235. The van der Waals surface area contributed by atoms with Crippen molar-refractivity contribution in [3.8, 4) is 0 Å². The molecule has 2 N–H and O–H groups in total. The number of hydrazine groups is 1. The van der Waals surface area contributed by atoms with Gasteiger partial charge in [0.05, 0.1) is 16.3 Å². The molecular weight excluding hydrogens is 349 g/mol. The fourth-order valence-electron chi connectivity index (χ4n) is 2.92. The van der Waals surface area contributed by atoms with E-state index in [1.807, 2.05) is 18.2 Å². The molecule has 0 heterocycles. The molecule has 0 unspecified atom stereocenters. The Kier molecular flexibility index (Phi) is 5.23. The Morgan fingerprint density at radius 2 is 1.76 bits per heavy atom. The summed E-state index contributed by atoms with van der Waals surface area (Å²) < 4.78 is 38.4. The third-order valence-corrected chi connectivity index (χ3v) is 4.66. The van der Waals surface area contributed by atoms with Crippen LogP contribution in [0.15, 0.2) is 60.3 Å². The van der Waals surface area contributed by atoms with Crippen LogP contribution in [-0.4, -0.2) is 0 Å². The summed E-state index contributed by atoms with van der Waals surface area (Å²) in [5.41, 5.74) is 7.54. The summed E-state index contributed by atoms with van der Waals surface area (Å²) in [6.45, 7) is 0. The monoisotopic (exact) mass is 366 g/mol. The number of alkyl halides is 3. The van der Waals surface area contributed by atoms with Gasteiger partial charge in [-0.05, 0) is 48.9 Å². The number of hydrogen-bond donors (Lipinski definition) is 2. The van der Waals surface area contributed by atoms with Crippen LogP contribution in [0, 0.1) is 0 Å². The maximum absolute atomic E-state index is 12.8. The average molecular weight is 367 g/mol. The van der Waals surface area contributed by atoms with E-state index >= 15 is 0 Å². The number of hydrogen-bond acceptors (Lipinski definition) is 2. The number of nitrogens with one attached hydrogen (secondary N) is 2. The first-order valence-corrected chi connectivity index (χ1v) is 8.44. The van der Waals surface area contributed by atoms with E-state index in [1.54, 1.807) is 0 Å². The summed E-state index contributed by atoms with van der Waals surface area (Å²) in [7, 11) is 0. The highest BCUT2D eigenvalue weighted by molar-refractivity contribution is 6.33. The lowest BCUT2D eigenvalue weighted by molar-refractivity contribution is -0.137. The average Bonchev–Trinajstić information content (AvgIpc) is 2.61. The smallest absolute Gasteiger partial charge is 0.305 e. The molecule has 6 heteroatoms. The topological polar surface area (TPSA) is 24.1 Å². The van der Waals surface area contributed by atoms with Gasteiger partial charge in [-0.3, -0.25) is 5.43 Å². The van der Waals surface area contributed by atoms with Crippen LogP contribution in [0.1, 0.15) is 36.3 Å². The van der Waals surface area contributed by atoms with Gasteiger partial charge < -0.3 is 5.43 Å². The van der Waals surface area contributed by atoms with Gasteiger partial charge in [0.1, 0.15) is 0 Å². The molecule has 0 saturated carbocycles. The van der Waals surface area contributed by atoms with Crippen LogP contribution in [0.4, 0.5) is 18.9 Å². The van der Waals surface area contributed by atoms with E-state index in [0.29, 0.717) is 5.92 Å². The first kappa shape index (κ1) is 17.7. The van der Waals surface area contributed by atoms with E-state index in [9.17, 15) is 13.2 Å². The van der Waals surface area contributed by atoms with Crippen LogP contribution in [-0.2, 0) is 6.18 Å². The third-order valence-electron chi connectivity index (χ3n) is 4.33. The normalized spacial score (nSPS) is 17.8. The largest absolute Gasteiger partial charge is 0.416 e. The van der Waals surface area contributed by atoms with E-state index in [2.05, 4.69) is 29.1 Å². The van der Waals surface area contributed by atoms with Gasteiger partial charge in [-0.1, -0.05) is 48.0 Å². The molecule has 0 amide bonds. The SMILES string of the molecule is FC(F)(F)c1ccc(Cl)c(NNC2=CC[C@H](c3ccccc3)CC2)c1. The standard InChI is InChI=1S/C19H18ClF3N2/c20-17-11-8-15(19(21,22)23)12-18(17)25-24-16-9-6-14(7-10-16)13-4-2-1-3-5-13/h1-5,8-9,11-12,14,24-25H,6-7,10H2/t14-/m0/s1. The van der Waals surface area contributed by atoms with Crippen molar-refractivity contribution in [2.45, 2.75) is 31.4 Å². The number of anilines is 1. The molecule has 2 aromatic rings. The van der Waals surface area contributed by atoms with Crippen LogP contribution in [0.2, 0.25) is 5.02 Å². The van der Waals surface area contributed by atoms with E-state index < -0.39 is 11.7 Å². The number of allylic oxidation sites excluding steroid dienone is 2. The zero-order chi connectivity index (χ0) is 17.9. The fourth-order valence-corrected chi connectivity index (χ4v) is 3.09. The quantitative estimate of drug-likeness (QED) is 0.636. The predicted octanol–water partition coefficient (Wildman–Crippen LogP) is 6.13. The molecule has 0 aliphatic heterocycles. The summed E-state index contributed by atoms with van der Waals surface area (Å²) in [6.07, 6.45) is 0.387. The molecular formula is C19H18ClF3N2. The van der Waals surface area contributed by atoms with Crippen LogP contribution < -0.4 is 10.9 Å². The van der Waals surface area contributed by atoms with Gasteiger partial charge >= 0.3 is 6.18 Å². The second-order valence-corrected chi connectivity index (χ2v) is 6.46. The van der Waals surface area contributed by atoms with Crippen molar-refractivity contribution < 1.29 is 13.2 Å². The molecule has 1 aliphatic carbocycles. The van der Waals surface area contributed by atoms with Crippen LogP contribution in [0.25, 0.3) is 0 Å². The van der Waals surface area contributed by atoms with Gasteiger partial charge in [0.15, 0.2) is 0 Å². The van der Waals surface area contributed by atoms with E-state index in [-0.39, 0.29) is 10.7 Å². The van der Waals surface area contributed by atoms with E-state index in [0.717, 1.165) is 37.1 Å². The Bertz CT molecular complexity index is 757. The second kappa shape index (κ2) is 7.40. The first-order chi connectivity index (χ1) is 11.9. The van der Waals surface area contributed by atoms with Gasteiger partial charge in [-0.25, -0.2) is 0 Å². The van der Waals surface area contributed by atoms with E-state index in [4.69, 9.17) is 11.6 Å². The maximum atomic E-state index is 12.8. The maximum Gasteiger partial charge on any atom is 0.416 e. The van der Waals surface area contributed by atoms with Gasteiger partial charge in [0, 0.05) is 5.70 Å². The number of halogens is 4. The molecule has 0 bridgehead atoms. The van der Waals surface area contributed by atoms with Gasteiger partial charge in [0.2, 0.25) is 0 Å². The third kappa shape index (κ3) is 4.48. The molecule has 0 spiro atoms. The van der Waals surface area contributed by atoms with Crippen molar-refractivity contribution in [3.63, 3.8) is 0 Å². The highest BCUT2D eigenvalue weighted by Crippen LogP contribution is 2.34. The molecule has 25 heavy (non-hydrogen) atoms. The molecule has 0 aromatic heterocycles. The lowest BCUT2D eigenvalue weighted by Gasteiger charge is -2.24. The lowest BCUT2D eigenvalue weighted by atomic mass is 9.87. The first-order valence-electron chi connectivity index (χ1n) is 8.06. The van der Waals surface area contributed by atoms with Crippen molar-refractivity contribution in [2.75, 3.05) is 5.43 Å². The molecule has 0 fully saturated rings. The van der Waals surface area contributed by atoms with Crippen molar-refractivity contribution >= 4 is 17.3 Å². The minimum absolute atomic E-state index is 0.211. The minimum Gasteiger partial charge on any atom is -0.305 e. The number of benzene rings is 2. The Labute approximate surface area is 149 Å². The van der Waals surface area contributed by atoms with Crippen molar-refractivity contribution in [2.24, 2.45) is 0 Å². The molecule has 1 aliphatic rings. The van der Waals surface area contributed by atoms with Gasteiger partial charge in [-0.2, -0.15) is 13.2 Å². The lowest BCUT2D eigenvalue weighted by Crippen LogP contribution is -2.23. The zero-order valence-electron chi connectivity index (χ0n) is 13.4. The van der Waals surface area contributed by atoms with Crippen LogP contribution >= 0.6 is 11.6 Å². The number of rotatable bonds is 4. The minimum atomic E-state index is -4.39. The van der Waals surface area contributed by atoms with Crippen molar-refractivity contribution in [1.29, 1.82) is 0 Å². The molecule has 0 saturated heterocycles. The van der Waals surface area contributed by atoms with Gasteiger partial charge in [-0.15, -0.1) is 0 Å². The highest BCUT2D eigenvalue weighted by Gasteiger charge is 2.31. The summed E-state index contributed by atoms with van der Waals surface area (Å²) in [4.78, 5) is 0. The van der Waals surface area contributed by atoms with Crippen LogP contribution in [0.5, 0.6) is 0 Å². The summed E-state index contributed by atoms with van der Waals surface area (Å²) >= 11 is 5.98. The summed E-state index contributed by atoms with van der Waals surface area (Å²) in [5.74, 6) is 0.476.